The number of methoxy groups -OCH3 is 1. The van der Waals surface area contributed by atoms with E-state index in [0.717, 1.165) is 23.8 Å². The van der Waals surface area contributed by atoms with Crippen LogP contribution in [0.3, 0.4) is 0 Å². The molecule has 0 amide bonds. The monoisotopic (exact) mass is 290 g/mol. The highest BCUT2D eigenvalue weighted by molar-refractivity contribution is 5.54. The number of nitrogens with zero attached hydrogens (tertiary/aromatic N) is 4. The average Bonchev–Trinajstić information content (AvgIpc) is 2.87. The molecule has 0 aliphatic heterocycles. The molecule has 1 heterocycles. The average molecular weight is 290 g/mol. The summed E-state index contributed by atoms with van der Waals surface area (Å²) in [6.07, 6.45) is 0. The van der Waals surface area contributed by atoms with Crippen molar-refractivity contribution in [3.8, 4) is 11.4 Å². The molecule has 0 radical (unpaired) electrons. The summed E-state index contributed by atoms with van der Waals surface area (Å²) < 4.78 is 7.09. The van der Waals surface area contributed by atoms with E-state index in [-0.39, 0.29) is 6.61 Å². The highest BCUT2D eigenvalue weighted by atomic mass is 16.5. The molecule has 1 N–H and O–H groups in total. The Morgan fingerprint density at radius 3 is 2.62 bits per heavy atom. The van der Waals surface area contributed by atoms with Gasteiger partial charge in [0, 0.05) is 32.8 Å². The predicted octanol–water partition coefficient (Wildman–Crippen LogP) is 0.923. The van der Waals surface area contributed by atoms with E-state index in [1.807, 2.05) is 41.9 Å². The van der Waals surface area contributed by atoms with Gasteiger partial charge in [-0.3, -0.25) is 4.90 Å². The van der Waals surface area contributed by atoms with Crippen LogP contribution in [0.4, 0.5) is 0 Å². The Balaban J connectivity index is 2.12. The van der Waals surface area contributed by atoms with E-state index in [1.54, 1.807) is 7.11 Å². The quantitative estimate of drug-likeness (QED) is 0.783. The second-order valence-corrected chi connectivity index (χ2v) is 4.86. The number of rotatable bonds is 8. The van der Waals surface area contributed by atoms with Crippen LogP contribution in [0.1, 0.15) is 5.82 Å². The molecule has 0 atom stereocenters. The summed E-state index contributed by atoms with van der Waals surface area (Å²) in [5, 5.41) is 17.7. The zero-order valence-electron chi connectivity index (χ0n) is 12.6. The zero-order chi connectivity index (χ0) is 15.1. The second-order valence-electron chi connectivity index (χ2n) is 4.86. The fraction of sp³-hybridized carbons (Fsp3) is 0.467. The highest BCUT2D eigenvalue weighted by Gasteiger charge is 2.13. The SMILES string of the molecule is COCCN(CCO)Cc1nnc(-c2ccccc2)n1C. The van der Waals surface area contributed by atoms with Gasteiger partial charge in [-0.1, -0.05) is 30.3 Å². The molecule has 1 aromatic carbocycles. The largest absolute Gasteiger partial charge is 0.395 e. The minimum Gasteiger partial charge on any atom is -0.395 e. The van der Waals surface area contributed by atoms with Crippen LogP contribution < -0.4 is 0 Å². The first kappa shape index (κ1) is 15.6. The fourth-order valence-electron chi connectivity index (χ4n) is 2.17. The first-order valence-corrected chi connectivity index (χ1v) is 7.02. The molecule has 0 spiro atoms. The van der Waals surface area contributed by atoms with E-state index < -0.39 is 0 Å². The molecule has 0 saturated carbocycles. The summed E-state index contributed by atoms with van der Waals surface area (Å²) in [5.74, 6) is 1.72. The Morgan fingerprint density at radius 1 is 1.19 bits per heavy atom. The Hall–Kier alpha value is -1.76. The zero-order valence-corrected chi connectivity index (χ0v) is 12.6. The second kappa shape index (κ2) is 7.87. The molecular formula is C15H22N4O2. The summed E-state index contributed by atoms with van der Waals surface area (Å²) >= 11 is 0. The molecule has 6 nitrogen and oxygen atoms in total. The van der Waals surface area contributed by atoms with Crippen LogP contribution >= 0.6 is 0 Å². The number of benzene rings is 1. The molecule has 0 bridgehead atoms. The van der Waals surface area contributed by atoms with Crippen LogP contribution in [0.2, 0.25) is 0 Å². The lowest BCUT2D eigenvalue weighted by molar-refractivity contribution is 0.124. The van der Waals surface area contributed by atoms with Gasteiger partial charge in [0.25, 0.3) is 0 Å². The maximum Gasteiger partial charge on any atom is 0.163 e. The van der Waals surface area contributed by atoms with Crippen molar-refractivity contribution >= 4 is 0 Å². The summed E-state index contributed by atoms with van der Waals surface area (Å²) in [6.45, 7) is 2.73. The Morgan fingerprint density at radius 2 is 1.95 bits per heavy atom. The molecule has 0 aliphatic carbocycles. The van der Waals surface area contributed by atoms with Crippen LogP contribution in [0, 0.1) is 0 Å². The van der Waals surface area contributed by atoms with E-state index in [2.05, 4.69) is 15.1 Å². The number of ether oxygens (including phenoxy) is 1. The third-order valence-electron chi connectivity index (χ3n) is 3.39. The molecule has 21 heavy (non-hydrogen) atoms. The molecule has 114 valence electrons. The molecule has 0 unspecified atom stereocenters. The van der Waals surface area contributed by atoms with E-state index in [1.165, 1.54) is 0 Å². The lowest BCUT2D eigenvalue weighted by atomic mass is 10.2. The normalized spacial score (nSPS) is 11.2. The first-order chi connectivity index (χ1) is 10.3. The lowest BCUT2D eigenvalue weighted by Gasteiger charge is -2.20. The number of aliphatic hydroxyl groups excluding tert-OH is 1. The van der Waals surface area contributed by atoms with E-state index in [4.69, 9.17) is 9.84 Å². The topological polar surface area (TPSA) is 63.4 Å². The predicted molar refractivity (Wildman–Crippen MR) is 80.7 cm³/mol. The number of aromatic nitrogens is 3. The van der Waals surface area contributed by atoms with Gasteiger partial charge in [0.05, 0.1) is 19.8 Å². The maximum absolute atomic E-state index is 9.14. The van der Waals surface area contributed by atoms with Gasteiger partial charge in [-0.25, -0.2) is 0 Å². The molecular weight excluding hydrogens is 268 g/mol. The molecule has 2 aromatic rings. The van der Waals surface area contributed by atoms with E-state index >= 15 is 0 Å². The summed E-state index contributed by atoms with van der Waals surface area (Å²) in [6, 6.07) is 9.99. The minimum absolute atomic E-state index is 0.118. The smallest absolute Gasteiger partial charge is 0.163 e. The summed E-state index contributed by atoms with van der Waals surface area (Å²) in [4.78, 5) is 2.10. The highest BCUT2D eigenvalue weighted by Crippen LogP contribution is 2.17. The Labute approximate surface area is 125 Å². The Kier molecular flexibility index (Phi) is 5.86. The van der Waals surface area contributed by atoms with Crippen molar-refractivity contribution < 1.29 is 9.84 Å². The van der Waals surface area contributed by atoms with Gasteiger partial charge in [0.1, 0.15) is 5.82 Å². The molecule has 0 fully saturated rings. The fourth-order valence-corrected chi connectivity index (χ4v) is 2.17. The van der Waals surface area contributed by atoms with Crippen LogP contribution in [0.15, 0.2) is 30.3 Å². The lowest BCUT2D eigenvalue weighted by Crippen LogP contribution is -2.31. The first-order valence-electron chi connectivity index (χ1n) is 7.02. The van der Waals surface area contributed by atoms with Crippen LogP contribution in [0.5, 0.6) is 0 Å². The molecule has 6 heteroatoms. The molecule has 2 rings (SSSR count). The van der Waals surface area contributed by atoms with Gasteiger partial charge in [-0.2, -0.15) is 0 Å². The minimum atomic E-state index is 0.118. The van der Waals surface area contributed by atoms with Crippen molar-refractivity contribution in [2.45, 2.75) is 6.54 Å². The number of hydrogen-bond acceptors (Lipinski definition) is 5. The van der Waals surface area contributed by atoms with Crippen molar-refractivity contribution in [3.05, 3.63) is 36.2 Å². The van der Waals surface area contributed by atoms with Gasteiger partial charge in [-0.05, 0) is 0 Å². The van der Waals surface area contributed by atoms with Gasteiger partial charge in [-0.15, -0.1) is 10.2 Å². The summed E-state index contributed by atoms with van der Waals surface area (Å²) in [5.41, 5.74) is 1.05. The maximum atomic E-state index is 9.14. The van der Waals surface area contributed by atoms with Crippen LogP contribution in [0.25, 0.3) is 11.4 Å². The van der Waals surface area contributed by atoms with Crippen molar-refractivity contribution in [2.24, 2.45) is 7.05 Å². The van der Waals surface area contributed by atoms with Crippen molar-refractivity contribution in [2.75, 3.05) is 33.4 Å². The Bertz CT molecular complexity index is 542. The van der Waals surface area contributed by atoms with Crippen molar-refractivity contribution in [1.82, 2.24) is 19.7 Å². The third kappa shape index (κ3) is 4.10. The third-order valence-corrected chi connectivity index (χ3v) is 3.39. The molecule has 0 saturated heterocycles. The van der Waals surface area contributed by atoms with Gasteiger partial charge < -0.3 is 14.4 Å². The van der Waals surface area contributed by atoms with E-state index in [9.17, 15) is 0 Å². The van der Waals surface area contributed by atoms with Crippen LogP contribution in [-0.2, 0) is 18.3 Å². The van der Waals surface area contributed by atoms with E-state index in [0.29, 0.717) is 19.7 Å². The molecule has 1 aromatic heterocycles. The molecule has 0 aliphatic rings. The van der Waals surface area contributed by atoms with Crippen LogP contribution in [-0.4, -0.2) is 58.2 Å². The van der Waals surface area contributed by atoms with Crippen molar-refractivity contribution in [1.29, 1.82) is 0 Å². The van der Waals surface area contributed by atoms with Gasteiger partial charge >= 0.3 is 0 Å². The number of aliphatic hydroxyl groups is 1. The van der Waals surface area contributed by atoms with Gasteiger partial charge in [0.15, 0.2) is 5.82 Å². The summed E-state index contributed by atoms with van der Waals surface area (Å²) in [7, 11) is 3.64. The van der Waals surface area contributed by atoms with Crippen molar-refractivity contribution in [3.63, 3.8) is 0 Å². The standard InChI is InChI=1S/C15H22N4O2/c1-18-14(12-19(8-10-20)9-11-21-2)16-17-15(18)13-6-4-3-5-7-13/h3-7,20H,8-12H2,1-2H3. The number of hydrogen-bond donors (Lipinski definition) is 1. The van der Waals surface area contributed by atoms with Gasteiger partial charge in [0.2, 0.25) is 0 Å².